The summed E-state index contributed by atoms with van der Waals surface area (Å²) in [5, 5.41) is 12.7. The van der Waals surface area contributed by atoms with Gasteiger partial charge < -0.3 is 4.74 Å². The van der Waals surface area contributed by atoms with Crippen LogP contribution in [-0.2, 0) is 0 Å². The summed E-state index contributed by atoms with van der Waals surface area (Å²) in [4.78, 5) is 0. The first-order valence-electron chi connectivity index (χ1n) is 19.0. The van der Waals surface area contributed by atoms with Gasteiger partial charge in [0.15, 0.2) is 0 Å². The molecule has 1 nitrogen and oxygen atoms in total. The molecule has 0 saturated carbocycles. The number of hydrogen-bond donors (Lipinski definition) is 0. The minimum absolute atomic E-state index is 0.893. The molecule has 11 aromatic rings. The number of hydrogen-bond acceptors (Lipinski definition) is 1. The molecule has 1 heteroatoms. The summed E-state index contributed by atoms with van der Waals surface area (Å²) in [7, 11) is 0. The van der Waals surface area contributed by atoms with Gasteiger partial charge in [0.2, 0.25) is 0 Å². The summed E-state index contributed by atoms with van der Waals surface area (Å²) in [5.41, 5.74) is 12.2. The molecule has 55 heavy (non-hydrogen) atoms. The van der Waals surface area contributed by atoms with E-state index in [0.29, 0.717) is 0 Å². The van der Waals surface area contributed by atoms with Gasteiger partial charge in [-0.3, -0.25) is 0 Å². The molecule has 0 N–H and O–H groups in total. The van der Waals surface area contributed by atoms with Crippen LogP contribution in [-0.4, -0.2) is 0 Å². The Kier molecular flexibility index (Phi) is 6.40. The lowest BCUT2D eigenvalue weighted by atomic mass is 9.86. The van der Waals surface area contributed by atoms with Crippen LogP contribution < -0.4 is 4.74 Å². The van der Waals surface area contributed by atoms with Gasteiger partial charge in [-0.2, -0.15) is 0 Å². The zero-order valence-corrected chi connectivity index (χ0v) is 29.9. The molecule has 0 fully saturated rings. The maximum atomic E-state index is 6.57. The number of ether oxygens (including phenoxy) is 1. The molecule has 0 radical (unpaired) electrons. The zero-order valence-electron chi connectivity index (χ0n) is 29.9. The van der Waals surface area contributed by atoms with Crippen LogP contribution in [0.15, 0.2) is 194 Å². The predicted molar refractivity (Wildman–Crippen MR) is 232 cm³/mol. The summed E-state index contributed by atoms with van der Waals surface area (Å²) in [5.74, 6) is 1.80. The SMILES string of the molecule is c1ccc(-c2ccc3c4c(cccc24)-c2cc(-c4ccc5c(-c6ccc7ccc8c(-c9ccccc9)ccc9ccc6c7c98)cccc5c4)ccc2O3)cc1. The Morgan fingerprint density at radius 2 is 0.764 bits per heavy atom. The topological polar surface area (TPSA) is 9.23 Å². The summed E-state index contributed by atoms with van der Waals surface area (Å²) in [6, 6.07) is 71.0. The van der Waals surface area contributed by atoms with Crippen molar-refractivity contribution in [1.82, 2.24) is 0 Å². The zero-order chi connectivity index (χ0) is 36.0. The van der Waals surface area contributed by atoms with Gasteiger partial charge in [0, 0.05) is 10.9 Å². The fourth-order valence-corrected chi connectivity index (χ4v) is 9.28. The molecule has 0 amide bonds. The van der Waals surface area contributed by atoms with Gasteiger partial charge in [0.1, 0.15) is 11.5 Å². The van der Waals surface area contributed by atoms with Crippen molar-refractivity contribution in [3.8, 4) is 67.1 Å². The molecule has 11 aromatic carbocycles. The normalized spacial score (nSPS) is 12.1. The summed E-state index contributed by atoms with van der Waals surface area (Å²) >= 11 is 0. The van der Waals surface area contributed by atoms with Crippen LogP contribution in [0.1, 0.15) is 0 Å². The van der Waals surface area contributed by atoms with Crippen molar-refractivity contribution in [3.05, 3.63) is 194 Å². The van der Waals surface area contributed by atoms with Gasteiger partial charge in [0.25, 0.3) is 0 Å². The van der Waals surface area contributed by atoms with Crippen molar-refractivity contribution in [1.29, 1.82) is 0 Å². The highest BCUT2D eigenvalue weighted by molar-refractivity contribution is 6.28. The van der Waals surface area contributed by atoms with Crippen LogP contribution in [0.25, 0.3) is 109 Å². The molecule has 0 atom stereocenters. The Hall–Kier alpha value is -7.22. The minimum Gasteiger partial charge on any atom is -0.456 e. The Bertz CT molecular complexity index is 3320. The van der Waals surface area contributed by atoms with E-state index >= 15 is 0 Å². The Morgan fingerprint density at radius 1 is 0.236 bits per heavy atom. The fraction of sp³-hybridized carbons (Fsp3) is 0. The Morgan fingerprint density at radius 3 is 1.51 bits per heavy atom. The minimum atomic E-state index is 0.893. The Labute approximate surface area is 318 Å². The molecule has 0 aromatic heterocycles. The van der Waals surface area contributed by atoms with Gasteiger partial charge in [0.05, 0.1) is 0 Å². The molecule has 1 heterocycles. The third-order valence-electron chi connectivity index (χ3n) is 11.8. The average Bonchev–Trinajstić information content (AvgIpc) is 3.26. The third-order valence-corrected chi connectivity index (χ3v) is 11.8. The monoisotopic (exact) mass is 696 g/mol. The van der Waals surface area contributed by atoms with Crippen LogP contribution >= 0.6 is 0 Å². The van der Waals surface area contributed by atoms with Crippen LogP contribution in [0, 0.1) is 0 Å². The highest BCUT2D eigenvalue weighted by Gasteiger charge is 2.23. The maximum Gasteiger partial charge on any atom is 0.135 e. The first-order chi connectivity index (χ1) is 27.3. The standard InChI is InChI=1S/C54H32O/c1-3-9-33(10-4-1)40-23-17-35-20-27-48-44(25-18-36-19-26-47(40)52(35)53(36)48)43-14-7-13-39-31-37(21-24-42(39)43)38-22-29-50-49(32-38)46-16-8-15-45-41(34-11-5-2-6-12-34)28-30-51(55-50)54(45)46/h1-32H. The van der Waals surface area contributed by atoms with Gasteiger partial charge >= 0.3 is 0 Å². The van der Waals surface area contributed by atoms with Crippen LogP contribution in [0.3, 0.4) is 0 Å². The molecule has 0 bridgehead atoms. The molecule has 0 saturated heterocycles. The van der Waals surface area contributed by atoms with E-state index in [2.05, 4.69) is 194 Å². The van der Waals surface area contributed by atoms with Gasteiger partial charge in [-0.15, -0.1) is 0 Å². The van der Waals surface area contributed by atoms with E-state index in [0.717, 1.165) is 17.1 Å². The van der Waals surface area contributed by atoms with Crippen molar-refractivity contribution in [3.63, 3.8) is 0 Å². The highest BCUT2D eigenvalue weighted by atomic mass is 16.5. The van der Waals surface area contributed by atoms with Crippen LogP contribution in [0.2, 0.25) is 0 Å². The van der Waals surface area contributed by atoms with Gasteiger partial charge in [-0.25, -0.2) is 0 Å². The lowest BCUT2D eigenvalue weighted by Gasteiger charge is -2.23. The molecule has 0 unspecified atom stereocenters. The van der Waals surface area contributed by atoms with E-state index in [1.807, 2.05) is 0 Å². The second-order valence-electron chi connectivity index (χ2n) is 14.8. The van der Waals surface area contributed by atoms with Crippen molar-refractivity contribution in [2.75, 3.05) is 0 Å². The van der Waals surface area contributed by atoms with E-state index in [1.54, 1.807) is 0 Å². The predicted octanol–water partition coefficient (Wildman–Crippen LogP) is 15.3. The Balaban J connectivity index is 0.981. The molecule has 1 aliphatic heterocycles. The lowest BCUT2D eigenvalue weighted by molar-refractivity contribution is 0.487. The molecular formula is C54H32O. The van der Waals surface area contributed by atoms with Gasteiger partial charge in [-0.1, -0.05) is 170 Å². The molecule has 0 spiro atoms. The number of fused-ring (bicyclic) bond motifs is 3. The van der Waals surface area contributed by atoms with E-state index < -0.39 is 0 Å². The quantitative estimate of drug-likeness (QED) is 0.166. The highest BCUT2D eigenvalue weighted by Crippen LogP contribution is 2.50. The lowest BCUT2D eigenvalue weighted by Crippen LogP contribution is -1.98. The first kappa shape index (κ1) is 30.3. The smallest absolute Gasteiger partial charge is 0.135 e. The second-order valence-corrected chi connectivity index (χ2v) is 14.8. The first-order valence-corrected chi connectivity index (χ1v) is 19.0. The van der Waals surface area contributed by atoms with Crippen LogP contribution in [0.4, 0.5) is 0 Å². The van der Waals surface area contributed by atoms with E-state index in [4.69, 9.17) is 4.74 Å². The van der Waals surface area contributed by atoms with Gasteiger partial charge in [-0.05, 0) is 123 Å². The van der Waals surface area contributed by atoms with Crippen molar-refractivity contribution in [2.45, 2.75) is 0 Å². The molecule has 12 rings (SSSR count). The molecule has 1 aliphatic rings. The summed E-state index contributed by atoms with van der Waals surface area (Å²) in [6.45, 7) is 0. The fourth-order valence-electron chi connectivity index (χ4n) is 9.28. The van der Waals surface area contributed by atoms with Crippen molar-refractivity contribution >= 4 is 53.9 Å². The molecule has 0 aliphatic carbocycles. The van der Waals surface area contributed by atoms with E-state index in [9.17, 15) is 0 Å². The molecular weight excluding hydrogens is 665 g/mol. The second kappa shape index (κ2) is 11.6. The third kappa shape index (κ3) is 4.54. The molecule has 254 valence electrons. The summed E-state index contributed by atoms with van der Waals surface area (Å²) in [6.07, 6.45) is 0. The number of rotatable bonds is 4. The average molecular weight is 697 g/mol. The number of benzene rings is 11. The summed E-state index contributed by atoms with van der Waals surface area (Å²) < 4.78 is 6.57. The largest absolute Gasteiger partial charge is 0.456 e. The maximum absolute atomic E-state index is 6.57. The van der Waals surface area contributed by atoms with Crippen LogP contribution in [0.5, 0.6) is 11.5 Å². The van der Waals surface area contributed by atoms with Crippen molar-refractivity contribution < 1.29 is 4.74 Å². The van der Waals surface area contributed by atoms with Crippen molar-refractivity contribution in [2.24, 2.45) is 0 Å². The van der Waals surface area contributed by atoms with E-state index in [-0.39, 0.29) is 0 Å². The van der Waals surface area contributed by atoms with E-state index in [1.165, 1.54) is 104 Å².